The first kappa shape index (κ1) is 12.0. The third kappa shape index (κ3) is 2.50. The lowest BCUT2D eigenvalue weighted by molar-refractivity contribution is 0.0689. The van der Waals surface area contributed by atoms with Crippen LogP contribution in [-0.4, -0.2) is 26.1 Å². The predicted molar refractivity (Wildman–Crippen MR) is 51.8 cm³/mol. The smallest absolute Gasteiger partial charge is 0.358 e. The molecular formula is C6H3Cl3N4O2. The van der Waals surface area contributed by atoms with Crippen LogP contribution in [0.4, 0.5) is 0 Å². The number of carboxylic acids is 1. The van der Waals surface area contributed by atoms with Crippen molar-refractivity contribution < 1.29 is 9.90 Å². The van der Waals surface area contributed by atoms with Gasteiger partial charge in [-0.3, -0.25) is 0 Å². The Labute approximate surface area is 98.9 Å². The largest absolute Gasteiger partial charge is 0.476 e. The zero-order valence-electron chi connectivity index (χ0n) is 6.99. The summed E-state index contributed by atoms with van der Waals surface area (Å²) in [5.74, 6) is -1.37. The molecule has 0 fully saturated rings. The van der Waals surface area contributed by atoms with Gasteiger partial charge in [0.2, 0.25) is 3.79 Å². The molecule has 1 heterocycles. The van der Waals surface area contributed by atoms with Crippen LogP contribution in [0.15, 0.2) is 0 Å². The molecule has 0 aromatic carbocycles. The summed E-state index contributed by atoms with van der Waals surface area (Å²) in [6, 6.07) is 1.74. The Bertz CT molecular complexity index is 431. The number of carbonyl (C=O) groups is 1. The molecule has 0 unspecified atom stereocenters. The molecule has 9 heteroatoms. The maximum Gasteiger partial charge on any atom is 0.358 e. The molecule has 0 bridgehead atoms. The quantitative estimate of drug-likeness (QED) is 0.818. The Hall–Kier alpha value is -1.03. The number of nitrogens with zero attached hydrogens (tertiary/aromatic N) is 4. The highest BCUT2D eigenvalue weighted by Gasteiger charge is 2.35. The van der Waals surface area contributed by atoms with E-state index < -0.39 is 15.5 Å². The Morgan fingerprint density at radius 2 is 2.20 bits per heavy atom. The summed E-state index contributed by atoms with van der Waals surface area (Å²) >= 11 is 16.6. The maximum absolute atomic E-state index is 10.7. The van der Waals surface area contributed by atoms with Gasteiger partial charge in [-0.25, -0.2) is 9.48 Å². The van der Waals surface area contributed by atoms with Gasteiger partial charge in [-0.15, -0.1) is 5.10 Å². The van der Waals surface area contributed by atoms with Crippen molar-refractivity contribution in [1.29, 1.82) is 5.26 Å². The molecule has 0 radical (unpaired) electrons. The van der Waals surface area contributed by atoms with Crippen molar-refractivity contribution in [2.24, 2.45) is 0 Å². The second kappa shape index (κ2) is 4.23. The average Bonchev–Trinajstić information content (AvgIpc) is 2.47. The van der Waals surface area contributed by atoms with Crippen LogP contribution in [0.5, 0.6) is 0 Å². The number of hydrogen-bond donors (Lipinski definition) is 1. The molecular weight excluding hydrogens is 266 g/mol. The molecule has 0 aliphatic carbocycles. The molecule has 1 rings (SSSR count). The van der Waals surface area contributed by atoms with Crippen LogP contribution < -0.4 is 0 Å². The van der Waals surface area contributed by atoms with Crippen molar-refractivity contribution in [3.63, 3.8) is 0 Å². The third-order valence-corrected chi connectivity index (χ3v) is 1.96. The second-order valence-electron chi connectivity index (χ2n) is 2.41. The molecule has 6 nitrogen and oxygen atoms in total. The van der Waals surface area contributed by atoms with Crippen LogP contribution >= 0.6 is 34.8 Å². The lowest BCUT2D eigenvalue weighted by atomic mass is 10.3. The number of aromatic nitrogens is 3. The summed E-state index contributed by atoms with van der Waals surface area (Å²) in [4.78, 5) is 10.7. The number of carboxylic acid groups (broad SMARTS) is 1. The van der Waals surface area contributed by atoms with Crippen LogP contribution in [0.2, 0.25) is 0 Å². The van der Waals surface area contributed by atoms with E-state index in [0.717, 1.165) is 4.68 Å². The van der Waals surface area contributed by atoms with Gasteiger partial charge in [0.15, 0.2) is 5.69 Å². The normalized spacial score (nSPS) is 11.1. The third-order valence-electron chi connectivity index (χ3n) is 1.43. The highest BCUT2D eigenvalue weighted by molar-refractivity contribution is 6.66. The number of nitriles is 1. The monoisotopic (exact) mass is 268 g/mol. The molecule has 80 valence electrons. The van der Waals surface area contributed by atoms with E-state index in [-0.39, 0.29) is 12.2 Å². The Balaban J connectivity index is 3.34. The minimum atomic E-state index is -1.99. The molecule has 0 spiro atoms. The summed E-state index contributed by atoms with van der Waals surface area (Å²) in [5, 5.41) is 23.9. The Morgan fingerprint density at radius 1 is 1.60 bits per heavy atom. The molecule has 1 aromatic rings. The highest BCUT2D eigenvalue weighted by Crippen LogP contribution is 2.39. The topological polar surface area (TPSA) is 91.8 Å². The summed E-state index contributed by atoms with van der Waals surface area (Å²) in [7, 11) is 0. The van der Waals surface area contributed by atoms with Crippen LogP contribution in [0, 0.1) is 11.3 Å². The van der Waals surface area contributed by atoms with Gasteiger partial charge in [0.05, 0.1) is 6.07 Å². The summed E-state index contributed by atoms with van der Waals surface area (Å²) in [6.07, 6.45) is 0. The Morgan fingerprint density at radius 3 is 2.60 bits per heavy atom. The average molecular weight is 269 g/mol. The standard InChI is InChI=1S/C6H3Cl3N4O2/c7-6(8,9)4-3(5(14)15)11-12-13(4)2-1-10/h2H2,(H,14,15). The number of alkyl halides is 3. The minimum absolute atomic E-state index is 0.235. The molecule has 15 heavy (non-hydrogen) atoms. The molecule has 1 aromatic heterocycles. The maximum atomic E-state index is 10.7. The fourth-order valence-corrected chi connectivity index (χ4v) is 1.48. The van der Waals surface area contributed by atoms with Crippen LogP contribution in [-0.2, 0) is 10.3 Å². The number of aromatic carboxylic acids is 1. The molecule has 1 N–H and O–H groups in total. The fraction of sp³-hybridized carbons (Fsp3) is 0.333. The van der Waals surface area contributed by atoms with E-state index in [2.05, 4.69) is 10.3 Å². The fourth-order valence-electron chi connectivity index (χ4n) is 0.915. The van der Waals surface area contributed by atoms with Gasteiger partial charge in [-0.05, 0) is 0 Å². The molecule has 0 atom stereocenters. The number of rotatable bonds is 2. The van der Waals surface area contributed by atoms with Gasteiger partial charge < -0.3 is 5.11 Å². The molecule has 0 aliphatic rings. The predicted octanol–water partition coefficient (Wildman–Crippen LogP) is 1.33. The van der Waals surface area contributed by atoms with Crippen molar-refractivity contribution in [3.8, 4) is 6.07 Å². The van der Waals surface area contributed by atoms with Gasteiger partial charge in [-0.1, -0.05) is 40.0 Å². The minimum Gasteiger partial charge on any atom is -0.476 e. The van der Waals surface area contributed by atoms with Crippen molar-refractivity contribution in [3.05, 3.63) is 11.4 Å². The first-order chi connectivity index (χ1) is 6.88. The first-order valence-corrected chi connectivity index (χ1v) is 4.62. The first-order valence-electron chi connectivity index (χ1n) is 3.49. The van der Waals surface area contributed by atoms with Gasteiger partial charge in [0.1, 0.15) is 12.2 Å². The van der Waals surface area contributed by atoms with Gasteiger partial charge in [0, 0.05) is 0 Å². The number of halogens is 3. The van der Waals surface area contributed by atoms with E-state index in [1.807, 2.05) is 0 Å². The summed E-state index contributed by atoms with van der Waals surface area (Å²) < 4.78 is -1.06. The number of hydrogen-bond acceptors (Lipinski definition) is 4. The summed E-state index contributed by atoms with van der Waals surface area (Å²) in [5.41, 5.74) is -0.716. The Kier molecular flexibility index (Phi) is 3.39. The molecule has 0 saturated carbocycles. The van der Waals surface area contributed by atoms with E-state index in [0.29, 0.717) is 0 Å². The zero-order chi connectivity index (χ0) is 11.6. The summed E-state index contributed by atoms with van der Waals surface area (Å²) in [6.45, 7) is -0.247. The van der Waals surface area contributed by atoms with E-state index in [9.17, 15) is 4.79 Å². The van der Waals surface area contributed by atoms with E-state index in [1.54, 1.807) is 6.07 Å². The molecule has 0 saturated heterocycles. The molecule has 0 amide bonds. The van der Waals surface area contributed by atoms with Gasteiger partial charge in [-0.2, -0.15) is 5.26 Å². The van der Waals surface area contributed by atoms with E-state index >= 15 is 0 Å². The van der Waals surface area contributed by atoms with Crippen LogP contribution in [0.25, 0.3) is 0 Å². The van der Waals surface area contributed by atoms with Crippen LogP contribution in [0.3, 0.4) is 0 Å². The lowest BCUT2D eigenvalue weighted by Crippen LogP contribution is -2.15. The van der Waals surface area contributed by atoms with E-state index in [4.69, 9.17) is 45.2 Å². The van der Waals surface area contributed by atoms with Crippen molar-refractivity contribution in [1.82, 2.24) is 15.0 Å². The van der Waals surface area contributed by atoms with Gasteiger partial charge in [0.25, 0.3) is 0 Å². The zero-order valence-corrected chi connectivity index (χ0v) is 9.25. The van der Waals surface area contributed by atoms with Crippen LogP contribution in [0.1, 0.15) is 16.2 Å². The SMILES string of the molecule is N#CCn1nnc(C(=O)O)c1C(Cl)(Cl)Cl. The second-order valence-corrected chi connectivity index (χ2v) is 4.69. The lowest BCUT2D eigenvalue weighted by Gasteiger charge is -2.11. The van der Waals surface area contributed by atoms with Crippen molar-refractivity contribution in [2.75, 3.05) is 0 Å². The van der Waals surface area contributed by atoms with Gasteiger partial charge >= 0.3 is 5.97 Å². The highest BCUT2D eigenvalue weighted by atomic mass is 35.6. The van der Waals surface area contributed by atoms with E-state index in [1.165, 1.54) is 0 Å². The van der Waals surface area contributed by atoms with Crippen molar-refractivity contribution in [2.45, 2.75) is 10.3 Å². The molecule has 0 aliphatic heterocycles. The van der Waals surface area contributed by atoms with Crippen molar-refractivity contribution >= 4 is 40.8 Å².